The first kappa shape index (κ1) is 22.5. The van der Waals surface area contributed by atoms with Crippen LogP contribution in [0.15, 0.2) is 16.9 Å². The van der Waals surface area contributed by atoms with E-state index in [1.165, 1.54) is 21.3 Å². The van der Waals surface area contributed by atoms with Crippen molar-refractivity contribution < 1.29 is 19.0 Å². The number of aromatic nitrogens is 2. The Morgan fingerprint density at radius 3 is 2.55 bits per heavy atom. The predicted molar refractivity (Wildman–Crippen MR) is 121 cm³/mol. The molecule has 10 heteroatoms. The van der Waals surface area contributed by atoms with Crippen LogP contribution in [-0.2, 0) is 4.79 Å². The van der Waals surface area contributed by atoms with Gasteiger partial charge in [0.1, 0.15) is 11.7 Å². The van der Waals surface area contributed by atoms with Crippen LogP contribution in [0, 0.1) is 23.2 Å². The maximum Gasteiger partial charge on any atom is 0.258 e. The minimum Gasteiger partial charge on any atom is -0.493 e. The maximum absolute atomic E-state index is 13.4. The second kappa shape index (κ2) is 9.02. The minimum atomic E-state index is -1.16. The van der Waals surface area contributed by atoms with E-state index < -0.39 is 23.3 Å². The Labute approximate surface area is 191 Å². The van der Waals surface area contributed by atoms with Gasteiger partial charge in [0.25, 0.3) is 5.56 Å². The summed E-state index contributed by atoms with van der Waals surface area (Å²) in [6.45, 7) is 3.69. The lowest BCUT2D eigenvalue weighted by molar-refractivity contribution is -0.119. The van der Waals surface area contributed by atoms with Gasteiger partial charge in [-0.05, 0) is 24.8 Å². The largest absolute Gasteiger partial charge is 0.493 e. The number of anilines is 2. The molecular formula is C23H27N5O5. The molecule has 0 spiro atoms. The molecule has 1 aromatic carbocycles. The van der Waals surface area contributed by atoms with Gasteiger partial charge in [-0.15, -0.1) is 0 Å². The fourth-order valence-electron chi connectivity index (χ4n) is 4.74. The number of nitriles is 1. The SMILES string of the molecule is COc1ccc(C2c3c(nc(N4CCCC(C)C4)[nH]c3=O)NC(=O)C2C#N)c(OC)c1OC. The number of amides is 1. The number of carbonyl (C=O) groups excluding carboxylic acids is 1. The van der Waals surface area contributed by atoms with Gasteiger partial charge in [0.15, 0.2) is 11.5 Å². The summed E-state index contributed by atoms with van der Waals surface area (Å²) in [6.07, 6.45) is 2.11. The molecule has 33 heavy (non-hydrogen) atoms. The number of carbonyl (C=O) groups is 1. The van der Waals surface area contributed by atoms with Gasteiger partial charge in [0.05, 0.1) is 33.0 Å². The van der Waals surface area contributed by atoms with Gasteiger partial charge in [0.2, 0.25) is 17.6 Å². The van der Waals surface area contributed by atoms with Crippen LogP contribution in [0.2, 0.25) is 0 Å². The second-order valence-corrected chi connectivity index (χ2v) is 8.34. The summed E-state index contributed by atoms with van der Waals surface area (Å²) in [5.41, 5.74) is 0.264. The zero-order chi connectivity index (χ0) is 23.7. The van der Waals surface area contributed by atoms with Crippen LogP contribution >= 0.6 is 0 Å². The average molecular weight is 453 g/mol. The molecule has 0 radical (unpaired) electrons. The number of hydrogen-bond donors (Lipinski definition) is 2. The van der Waals surface area contributed by atoms with Gasteiger partial charge >= 0.3 is 0 Å². The molecule has 3 unspecified atom stereocenters. The quantitative estimate of drug-likeness (QED) is 0.705. The molecule has 1 fully saturated rings. The summed E-state index contributed by atoms with van der Waals surface area (Å²) in [5.74, 6) is -0.518. The standard InChI is InChI=1S/C23H27N5O5/c1-12-6-5-9-28(11-12)23-26-20-17(22(30)27-23)16(14(10-24)21(29)25-20)13-7-8-15(31-2)19(33-4)18(13)32-3/h7-8,12,14,16H,5-6,9,11H2,1-4H3,(H2,25,26,27,29,30). The number of rotatable bonds is 5. The summed E-state index contributed by atoms with van der Waals surface area (Å²) < 4.78 is 16.4. The number of fused-ring (bicyclic) bond motifs is 1. The highest BCUT2D eigenvalue weighted by molar-refractivity contribution is 5.98. The van der Waals surface area contributed by atoms with E-state index >= 15 is 0 Å². The Morgan fingerprint density at radius 1 is 1.15 bits per heavy atom. The van der Waals surface area contributed by atoms with E-state index in [0.29, 0.717) is 28.9 Å². The average Bonchev–Trinajstić information content (AvgIpc) is 2.81. The molecule has 2 aliphatic heterocycles. The molecule has 0 saturated carbocycles. The van der Waals surface area contributed by atoms with Crippen molar-refractivity contribution in [2.75, 3.05) is 44.6 Å². The van der Waals surface area contributed by atoms with Crippen molar-refractivity contribution in [2.45, 2.75) is 25.7 Å². The molecule has 3 atom stereocenters. The fraction of sp³-hybridized carbons (Fsp3) is 0.478. The van der Waals surface area contributed by atoms with Gasteiger partial charge in [0, 0.05) is 24.6 Å². The Hall–Kier alpha value is -3.74. The van der Waals surface area contributed by atoms with E-state index in [2.05, 4.69) is 22.2 Å². The van der Waals surface area contributed by atoms with Crippen LogP contribution < -0.4 is 30.0 Å². The molecule has 2 aromatic rings. The van der Waals surface area contributed by atoms with Crippen LogP contribution in [0.3, 0.4) is 0 Å². The minimum absolute atomic E-state index is 0.158. The molecule has 3 heterocycles. The highest BCUT2D eigenvalue weighted by atomic mass is 16.5. The van der Waals surface area contributed by atoms with E-state index in [1.807, 2.05) is 11.0 Å². The van der Waals surface area contributed by atoms with Crippen LogP contribution in [0.25, 0.3) is 0 Å². The number of hydrogen-bond acceptors (Lipinski definition) is 8. The Bertz CT molecular complexity index is 1170. The number of aromatic amines is 1. The molecule has 0 aliphatic carbocycles. The first-order chi connectivity index (χ1) is 15.9. The molecule has 1 amide bonds. The third-order valence-electron chi connectivity index (χ3n) is 6.28. The molecule has 2 aliphatic rings. The van der Waals surface area contributed by atoms with Crippen molar-refractivity contribution in [3.8, 4) is 23.3 Å². The normalized spacial score (nSPS) is 22.1. The second-order valence-electron chi connectivity index (χ2n) is 8.34. The first-order valence-corrected chi connectivity index (χ1v) is 10.8. The molecule has 2 N–H and O–H groups in total. The predicted octanol–water partition coefficient (Wildman–Crippen LogP) is 2.26. The molecule has 1 aromatic heterocycles. The van der Waals surface area contributed by atoms with Crippen molar-refractivity contribution in [3.63, 3.8) is 0 Å². The van der Waals surface area contributed by atoms with Crippen molar-refractivity contribution in [3.05, 3.63) is 33.6 Å². The third-order valence-corrected chi connectivity index (χ3v) is 6.28. The van der Waals surface area contributed by atoms with Gasteiger partial charge in [-0.1, -0.05) is 13.0 Å². The molecule has 174 valence electrons. The van der Waals surface area contributed by atoms with E-state index in [0.717, 1.165) is 25.9 Å². The number of piperidine rings is 1. The van der Waals surface area contributed by atoms with Gasteiger partial charge in [-0.2, -0.15) is 10.2 Å². The monoisotopic (exact) mass is 453 g/mol. The zero-order valence-corrected chi connectivity index (χ0v) is 19.1. The Kier molecular flexibility index (Phi) is 6.14. The highest BCUT2D eigenvalue weighted by Crippen LogP contribution is 2.48. The van der Waals surface area contributed by atoms with Gasteiger partial charge < -0.3 is 24.4 Å². The number of nitrogens with one attached hydrogen (secondary N) is 2. The van der Waals surface area contributed by atoms with E-state index in [9.17, 15) is 14.9 Å². The molecule has 1 saturated heterocycles. The van der Waals surface area contributed by atoms with Crippen LogP contribution in [0.4, 0.5) is 11.8 Å². The van der Waals surface area contributed by atoms with Crippen molar-refractivity contribution in [1.82, 2.24) is 9.97 Å². The summed E-state index contributed by atoms with van der Waals surface area (Å²) in [5, 5.41) is 12.5. The lowest BCUT2D eigenvalue weighted by Gasteiger charge is -2.33. The number of ether oxygens (including phenoxy) is 3. The highest BCUT2D eigenvalue weighted by Gasteiger charge is 2.42. The lowest BCUT2D eigenvalue weighted by Crippen LogP contribution is -2.41. The number of methoxy groups -OCH3 is 3. The summed E-state index contributed by atoms with van der Waals surface area (Å²) in [6, 6.07) is 5.37. The maximum atomic E-state index is 13.4. The van der Waals surface area contributed by atoms with Crippen LogP contribution in [0.1, 0.15) is 36.8 Å². The van der Waals surface area contributed by atoms with Gasteiger partial charge in [-0.3, -0.25) is 14.6 Å². The molecule has 4 rings (SSSR count). The summed E-state index contributed by atoms with van der Waals surface area (Å²) in [4.78, 5) is 35.7. The fourth-order valence-corrected chi connectivity index (χ4v) is 4.74. The van der Waals surface area contributed by atoms with Crippen LogP contribution in [-0.4, -0.2) is 50.3 Å². The van der Waals surface area contributed by atoms with E-state index in [-0.39, 0.29) is 17.1 Å². The number of benzene rings is 1. The zero-order valence-electron chi connectivity index (χ0n) is 19.1. The molecule has 0 bridgehead atoms. The topological polar surface area (TPSA) is 130 Å². The smallest absolute Gasteiger partial charge is 0.258 e. The Morgan fingerprint density at radius 2 is 1.91 bits per heavy atom. The van der Waals surface area contributed by atoms with Gasteiger partial charge in [-0.25, -0.2) is 0 Å². The number of nitrogens with zero attached hydrogens (tertiary/aromatic N) is 3. The van der Waals surface area contributed by atoms with E-state index in [4.69, 9.17) is 14.2 Å². The Balaban J connectivity index is 1.90. The summed E-state index contributed by atoms with van der Waals surface area (Å²) >= 11 is 0. The van der Waals surface area contributed by atoms with Crippen molar-refractivity contribution in [2.24, 2.45) is 11.8 Å². The molecular weight excluding hydrogens is 426 g/mol. The number of H-pyrrole nitrogens is 1. The lowest BCUT2D eigenvalue weighted by atomic mass is 9.78. The van der Waals surface area contributed by atoms with Crippen molar-refractivity contribution in [1.29, 1.82) is 5.26 Å². The summed E-state index contributed by atoms with van der Waals surface area (Å²) in [7, 11) is 4.42. The van der Waals surface area contributed by atoms with E-state index in [1.54, 1.807) is 12.1 Å². The first-order valence-electron chi connectivity index (χ1n) is 10.8. The molecule has 10 nitrogen and oxygen atoms in total. The third kappa shape index (κ3) is 3.84. The van der Waals surface area contributed by atoms with Crippen LogP contribution in [0.5, 0.6) is 17.2 Å². The van der Waals surface area contributed by atoms with Crippen molar-refractivity contribution >= 4 is 17.7 Å².